The number of hydrogen-bond donors (Lipinski definition) is 3. The van der Waals surface area contributed by atoms with Crippen molar-refractivity contribution in [3.8, 4) is 0 Å². The molecule has 2 atom stereocenters. The molecule has 1 fully saturated rings. The lowest BCUT2D eigenvalue weighted by Gasteiger charge is -2.23. The van der Waals surface area contributed by atoms with Gasteiger partial charge >= 0.3 is 0 Å². The predicted molar refractivity (Wildman–Crippen MR) is 59.4 cm³/mol. The minimum atomic E-state index is -0.231. The number of amides is 1. The fourth-order valence-corrected chi connectivity index (χ4v) is 1.73. The first-order valence-corrected chi connectivity index (χ1v) is 5.58. The SMILES string of the molecule is CC1NCCC1C(=O)NCC(C)(C)CO. The van der Waals surface area contributed by atoms with Gasteiger partial charge in [-0.15, -0.1) is 0 Å². The molecule has 1 aliphatic rings. The maximum absolute atomic E-state index is 11.8. The van der Waals surface area contributed by atoms with Crippen LogP contribution < -0.4 is 10.6 Å². The van der Waals surface area contributed by atoms with E-state index < -0.39 is 0 Å². The Kier molecular flexibility index (Phi) is 4.11. The number of rotatable bonds is 4. The highest BCUT2D eigenvalue weighted by Gasteiger charge is 2.30. The molecular weight excluding hydrogens is 192 g/mol. The fraction of sp³-hybridized carbons (Fsp3) is 0.909. The Labute approximate surface area is 91.4 Å². The van der Waals surface area contributed by atoms with Gasteiger partial charge in [-0.25, -0.2) is 0 Å². The van der Waals surface area contributed by atoms with Gasteiger partial charge in [0.25, 0.3) is 0 Å². The lowest BCUT2D eigenvalue weighted by Crippen LogP contribution is -2.41. The molecule has 0 spiro atoms. The molecule has 15 heavy (non-hydrogen) atoms. The van der Waals surface area contributed by atoms with Crippen LogP contribution >= 0.6 is 0 Å². The lowest BCUT2D eigenvalue weighted by molar-refractivity contribution is -0.125. The second-order valence-corrected chi connectivity index (χ2v) is 5.18. The molecule has 1 amide bonds. The van der Waals surface area contributed by atoms with Crippen LogP contribution in [0.5, 0.6) is 0 Å². The molecule has 0 aromatic rings. The van der Waals surface area contributed by atoms with Crippen LogP contribution in [0.1, 0.15) is 27.2 Å². The molecule has 4 heteroatoms. The number of aliphatic hydroxyl groups excluding tert-OH is 1. The molecule has 1 rings (SSSR count). The van der Waals surface area contributed by atoms with E-state index in [0.717, 1.165) is 13.0 Å². The molecule has 3 N–H and O–H groups in total. The summed E-state index contributed by atoms with van der Waals surface area (Å²) in [6.07, 6.45) is 0.909. The Hall–Kier alpha value is -0.610. The summed E-state index contributed by atoms with van der Waals surface area (Å²) in [4.78, 5) is 11.8. The number of aliphatic hydroxyl groups is 1. The average molecular weight is 214 g/mol. The van der Waals surface area contributed by atoms with Gasteiger partial charge in [0.1, 0.15) is 0 Å². The van der Waals surface area contributed by atoms with Crippen molar-refractivity contribution < 1.29 is 9.90 Å². The summed E-state index contributed by atoms with van der Waals surface area (Å²) in [5.74, 6) is 0.188. The zero-order valence-corrected chi connectivity index (χ0v) is 9.84. The van der Waals surface area contributed by atoms with Gasteiger partial charge in [-0.05, 0) is 19.9 Å². The summed E-state index contributed by atoms with van der Waals surface area (Å²) < 4.78 is 0. The quantitative estimate of drug-likeness (QED) is 0.623. The molecular formula is C11H22N2O2. The van der Waals surface area contributed by atoms with Crippen LogP contribution in [0.2, 0.25) is 0 Å². The van der Waals surface area contributed by atoms with Crippen LogP contribution in [0.3, 0.4) is 0 Å². The molecule has 1 aliphatic heterocycles. The van der Waals surface area contributed by atoms with Gasteiger partial charge in [0, 0.05) is 24.6 Å². The van der Waals surface area contributed by atoms with Crippen molar-refractivity contribution in [1.29, 1.82) is 0 Å². The average Bonchev–Trinajstić information content (AvgIpc) is 2.61. The maximum Gasteiger partial charge on any atom is 0.224 e. The Balaban J connectivity index is 2.36. The molecule has 1 saturated heterocycles. The second kappa shape index (κ2) is 4.94. The van der Waals surface area contributed by atoms with E-state index >= 15 is 0 Å². The van der Waals surface area contributed by atoms with E-state index in [9.17, 15) is 4.79 Å². The number of nitrogens with one attached hydrogen (secondary N) is 2. The minimum absolute atomic E-state index is 0.0829. The summed E-state index contributed by atoms with van der Waals surface area (Å²) in [5.41, 5.74) is -0.231. The number of hydrogen-bond acceptors (Lipinski definition) is 3. The fourth-order valence-electron chi connectivity index (χ4n) is 1.73. The highest BCUT2D eigenvalue weighted by Crippen LogP contribution is 2.16. The van der Waals surface area contributed by atoms with Crippen molar-refractivity contribution in [2.24, 2.45) is 11.3 Å². The molecule has 88 valence electrons. The highest BCUT2D eigenvalue weighted by molar-refractivity contribution is 5.79. The second-order valence-electron chi connectivity index (χ2n) is 5.18. The molecule has 1 heterocycles. The van der Waals surface area contributed by atoms with E-state index in [1.807, 2.05) is 20.8 Å². The standard InChI is InChI=1S/C11H22N2O2/c1-8-9(4-5-12-8)10(15)13-6-11(2,3)7-14/h8-9,12,14H,4-7H2,1-3H3,(H,13,15). The van der Waals surface area contributed by atoms with Crippen LogP contribution in [0.25, 0.3) is 0 Å². The number of carbonyl (C=O) groups excluding carboxylic acids is 1. The van der Waals surface area contributed by atoms with E-state index in [1.165, 1.54) is 0 Å². The monoisotopic (exact) mass is 214 g/mol. The normalized spacial score (nSPS) is 26.7. The Morgan fingerprint density at radius 3 is 2.73 bits per heavy atom. The van der Waals surface area contributed by atoms with Crippen molar-refractivity contribution in [2.75, 3.05) is 19.7 Å². The van der Waals surface area contributed by atoms with Gasteiger partial charge in [0.05, 0.1) is 5.92 Å². The molecule has 2 unspecified atom stereocenters. The summed E-state index contributed by atoms with van der Waals surface area (Å²) in [6, 6.07) is 0.266. The summed E-state index contributed by atoms with van der Waals surface area (Å²) >= 11 is 0. The van der Waals surface area contributed by atoms with Crippen molar-refractivity contribution >= 4 is 5.91 Å². The first-order chi connectivity index (χ1) is 6.96. The van der Waals surface area contributed by atoms with Crippen LogP contribution in [0.4, 0.5) is 0 Å². The number of carbonyl (C=O) groups is 1. The zero-order valence-electron chi connectivity index (χ0n) is 9.84. The van der Waals surface area contributed by atoms with Crippen LogP contribution in [-0.2, 0) is 4.79 Å². The first kappa shape index (κ1) is 12.5. The summed E-state index contributed by atoms with van der Waals surface area (Å²) in [7, 11) is 0. The van der Waals surface area contributed by atoms with E-state index in [0.29, 0.717) is 6.54 Å². The van der Waals surface area contributed by atoms with E-state index in [4.69, 9.17) is 5.11 Å². The van der Waals surface area contributed by atoms with Crippen molar-refractivity contribution in [3.05, 3.63) is 0 Å². The Morgan fingerprint density at radius 2 is 2.27 bits per heavy atom. The third-order valence-corrected chi connectivity index (χ3v) is 3.03. The molecule has 0 bridgehead atoms. The van der Waals surface area contributed by atoms with Crippen molar-refractivity contribution in [1.82, 2.24) is 10.6 Å². The van der Waals surface area contributed by atoms with Crippen molar-refractivity contribution in [2.45, 2.75) is 33.2 Å². The Morgan fingerprint density at radius 1 is 1.60 bits per heavy atom. The van der Waals surface area contributed by atoms with Gasteiger partial charge in [-0.3, -0.25) is 4.79 Å². The van der Waals surface area contributed by atoms with Gasteiger partial charge < -0.3 is 15.7 Å². The maximum atomic E-state index is 11.8. The van der Waals surface area contributed by atoms with Gasteiger partial charge in [-0.1, -0.05) is 13.8 Å². The summed E-state index contributed by atoms with van der Waals surface area (Å²) in [6.45, 7) is 7.45. The van der Waals surface area contributed by atoms with Crippen LogP contribution in [0.15, 0.2) is 0 Å². The minimum Gasteiger partial charge on any atom is -0.396 e. The van der Waals surface area contributed by atoms with E-state index in [2.05, 4.69) is 10.6 Å². The van der Waals surface area contributed by atoms with Crippen LogP contribution in [0, 0.1) is 11.3 Å². The topological polar surface area (TPSA) is 61.4 Å². The Bertz CT molecular complexity index is 229. The van der Waals surface area contributed by atoms with Gasteiger partial charge in [0.15, 0.2) is 0 Å². The van der Waals surface area contributed by atoms with Crippen LogP contribution in [-0.4, -0.2) is 36.8 Å². The smallest absolute Gasteiger partial charge is 0.224 e. The van der Waals surface area contributed by atoms with E-state index in [1.54, 1.807) is 0 Å². The molecule has 0 aliphatic carbocycles. The molecule has 4 nitrogen and oxygen atoms in total. The van der Waals surface area contributed by atoms with E-state index in [-0.39, 0.29) is 29.9 Å². The van der Waals surface area contributed by atoms with Gasteiger partial charge in [0.2, 0.25) is 5.91 Å². The molecule has 0 saturated carbocycles. The third-order valence-electron chi connectivity index (χ3n) is 3.03. The lowest BCUT2D eigenvalue weighted by atomic mass is 9.94. The predicted octanol–water partition coefficient (Wildman–Crippen LogP) is 0.119. The van der Waals surface area contributed by atoms with Crippen molar-refractivity contribution in [3.63, 3.8) is 0 Å². The molecule has 0 aromatic carbocycles. The zero-order chi connectivity index (χ0) is 11.5. The molecule has 0 aromatic heterocycles. The third kappa shape index (κ3) is 3.47. The summed E-state index contributed by atoms with van der Waals surface area (Å²) in [5, 5.41) is 15.2. The van der Waals surface area contributed by atoms with Gasteiger partial charge in [-0.2, -0.15) is 0 Å². The largest absolute Gasteiger partial charge is 0.396 e. The first-order valence-electron chi connectivity index (χ1n) is 5.58. The molecule has 0 radical (unpaired) electrons. The highest BCUT2D eigenvalue weighted by atomic mass is 16.3.